The number of anilines is 1. The molecule has 42 heavy (non-hydrogen) atoms. The van der Waals surface area contributed by atoms with Crippen LogP contribution in [0.1, 0.15) is 30.0 Å². The molecule has 1 saturated heterocycles. The lowest BCUT2D eigenvalue weighted by atomic mass is 10.1. The highest BCUT2D eigenvalue weighted by molar-refractivity contribution is 7.89. The lowest BCUT2D eigenvalue weighted by Gasteiger charge is -2.32. The molecule has 1 atom stereocenters. The van der Waals surface area contributed by atoms with Crippen molar-refractivity contribution in [3.05, 3.63) is 78.4 Å². The summed E-state index contributed by atoms with van der Waals surface area (Å²) in [5.74, 6) is -1.46. The smallest absolute Gasteiger partial charge is 0.383 e. The molecule has 4 aromatic rings. The molecule has 3 heterocycles. The second-order valence-corrected chi connectivity index (χ2v) is 11.4. The molecule has 2 aromatic heterocycles. The number of benzene rings is 2. The third-order valence-electron chi connectivity index (χ3n) is 6.99. The van der Waals surface area contributed by atoms with Gasteiger partial charge in [-0.25, -0.2) is 32.2 Å². The average Bonchev–Trinajstić information content (AvgIpc) is 3.36. The van der Waals surface area contributed by atoms with E-state index in [-0.39, 0.29) is 30.4 Å². The molecule has 0 aliphatic carbocycles. The van der Waals surface area contributed by atoms with Gasteiger partial charge in [-0.05, 0) is 42.7 Å². The molecule has 0 saturated carbocycles. The maximum atomic E-state index is 14.2. The molecule has 1 aliphatic rings. The Morgan fingerprint density at radius 1 is 1.17 bits per heavy atom. The van der Waals surface area contributed by atoms with Gasteiger partial charge in [0.2, 0.25) is 15.9 Å². The summed E-state index contributed by atoms with van der Waals surface area (Å²) < 4.78 is 81.8. The third kappa shape index (κ3) is 5.69. The third-order valence-corrected chi connectivity index (χ3v) is 8.42. The number of hydrogen-bond donors (Lipinski definition) is 2. The number of carbonyl (C=O) groups excluding carboxylic acids is 1. The van der Waals surface area contributed by atoms with E-state index in [0.717, 1.165) is 12.8 Å². The van der Waals surface area contributed by atoms with Gasteiger partial charge in [0.1, 0.15) is 28.6 Å². The summed E-state index contributed by atoms with van der Waals surface area (Å²) in [5, 5.41) is 5.31. The number of nitrogens with zero attached hydrogens (tertiary/aromatic N) is 5. The van der Waals surface area contributed by atoms with Gasteiger partial charge in [-0.2, -0.15) is 18.3 Å². The Bertz CT molecular complexity index is 1770. The minimum Gasteiger partial charge on any atom is -0.383 e. The Labute approximate surface area is 237 Å². The summed E-state index contributed by atoms with van der Waals surface area (Å²) >= 11 is 0. The molecule has 0 unspecified atom stereocenters. The van der Waals surface area contributed by atoms with E-state index in [4.69, 9.17) is 10.8 Å². The van der Waals surface area contributed by atoms with Crippen molar-refractivity contribution in [1.82, 2.24) is 29.4 Å². The topological polar surface area (TPSA) is 136 Å². The van der Waals surface area contributed by atoms with Crippen molar-refractivity contribution in [3.8, 4) is 11.3 Å². The molecular formula is C27H25F4N7O3S. The molecule has 1 amide bonds. The second kappa shape index (κ2) is 11.1. The molecule has 1 aliphatic heterocycles. The first kappa shape index (κ1) is 29.1. The van der Waals surface area contributed by atoms with Crippen LogP contribution < -0.4 is 10.5 Å². The van der Waals surface area contributed by atoms with Gasteiger partial charge < -0.3 is 10.6 Å². The summed E-state index contributed by atoms with van der Waals surface area (Å²) in [7, 11) is -4.45. The van der Waals surface area contributed by atoms with Crippen molar-refractivity contribution in [2.45, 2.75) is 36.5 Å². The SMILES string of the molecule is C=CC(=O)N1CCC[C@@H](n2nc(-c3ccc(CNS(=O)(=O)c4ccc(C(F)(F)F)cc4F)cc3)c3c(N)ncnc32)C1. The number of piperidine rings is 1. The molecular weight excluding hydrogens is 578 g/mol. The van der Waals surface area contributed by atoms with E-state index in [1.165, 1.54) is 12.4 Å². The maximum Gasteiger partial charge on any atom is 0.416 e. The monoisotopic (exact) mass is 603 g/mol. The standard InChI is InChI=1S/C27H25F4N7O3S/c1-2-22(39)37-11-3-4-19(14-37)38-26-23(25(32)33-15-34-26)24(36-38)17-7-5-16(6-8-17)13-35-42(40,41)21-10-9-18(12-20(21)28)27(29,30)31/h2,5-10,12,15,19,35H,1,3-4,11,13-14H2,(H2,32,33,34)/t19-/m1/s1. The quantitative estimate of drug-likeness (QED) is 0.240. The van der Waals surface area contributed by atoms with Crippen molar-refractivity contribution in [3.63, 3.8) is 0 Å². The Morgan fingerprint density at radius 3 is 2.57 bits per heavy atom. The fraction of sp³-hybridized carbons (Fsp3) is 0.259. The van der Waals surface area contributed by atoms with Crippen LogP contribution in [0.15, 0.2) is 66.3 Å². The molecule has 10 nitrogen and oxygen atoms in total. The lowest BCUT2D eigenvalue weighted by Crippen LogP contribution is -2.40. The number of halogens is 4. The van der Waals surface area contributed by atoms with Crippen molar-refractivity contribution in [2.24, 2.45) is 0 Å². The number of likely N-dealkylation sites (tertiary alicyclic amines) is 1. The average molecular weight is 604 g/mol. The molecule has 2 aromatic carbocycles. The Morgan fingerprint density at radius 2 is 1.90 bits per heavy atom. The Balaban J connectivity index is 1.38. The number of amides is 1. The minimum atomic E-state index is -4.81. The summed E-state index contributed by atoms with van der Waals surface area (Å²) in [6.07, 6.45) is -0.666. The summed E-state index contributed by atoms with van der Waals surface area (Å²) in [6, 6.07) is 7.69. The van der Waals surface area contributed by atoms with Gasteiger partial charge in [0, 0.05) is 25.2 Å². The molecule has 0 radical (unpaired) electrons. The highest BCUT2D eigenvalue weighted by atomic mass is 32.2. The van der Waals surface area contributed by atoms with E-state index in [1.54, 1.807) is 33.8 Å². The second-order valence-electron chi connectivity index (χ2n) is 9.70. The first-order chi connectivity index (χ1) is 19.9. The van der Waals surface area contributed by atoms with Gasteiger partial charge in [0.25, 0.3) is 0 Å². The van der Waals surface area contributed by atoms with Gasteiger partial charge >= 0.3 is 6.18 Å². The Kier molecular flexibility index (Phi) is 7.72. The molecule has 5 rings (SSSR count). The molecule has 15 heteroatoms. The van der Waals surface area contributed by atoms with E-state index in [2.05, 4.69) is 21.3 Å². The minimum absolute atomic E-state index is 0.143. The van der Waals surface area contributed by atoms with Crippen molar-refractivity contribution in [1.29, 1.82) is 0 Å². The number of alkyl halides is 3. The number of nitrogen functional groups attached to an aromatic ring is 1. The number of sulfonamides is 1. The number of rotatable bonds is 7. The predicted octanol–water partition coefficient (Wildman–Crippen LogP) is 4.06. The van der Waals surface area contributed by atoms with E-state index < -0.39 is 32.5 Å². The van der Waals surface area contributed by atoms with Crippen LogP contribution >= 0.6 is 0 Å². The number of hydrogen-bond acceptors (Lipinski definition) is 7. The molecule has 220 valence electrons. The maximum absolute atomic E-state index is 14.2. The fourth-order valence-corrected chi connectivity index (χ4v) is 5.94. The van der Waals surface area contributed by atoms with Crippen LogP contribution in [0.2, 0.25) is 0 Å². The zero-order chi connectivity index (χ0) is 30.2. The molecule has 1 fully saturated rings. The van der Waals surface area contributed by atoms with Gasteiger partial charge in [0.05, 0.1) is 17.0 Å². The molecule has 0 spiro atoms. The molecule has 3 N–H and O–H groups in total. The van der Waals surface area contributed by atoms with Gasteiger partial charge in [-0.15, -0.1) is 0 Å². The van der Waals surface area contributed by atoms with Crippen LogP contribution in [0.3, 0.4) is 0 Å². The van der Waals surface area contributed by atoms with E-state index in [0.29, 0.717) is 53.1 Å². The summed E-state index contributed by atoms with van der Waals surface area (Å²) in [5.41, 5.74) is 7.05. The lowest BCUT2D eigenvalue weighted by molar-refractivity contribution is -0.137. The van der Waals surface area contributed by atoms with Crippen LogP contribution in [0.25, 0.3) is 22.3 Å². The van der Waals surface area contributed by atoms with Crippen LogP contribution in [-0.4, -0.2) is 52.1 Å². The van der Waals surface area contributed by atoms with Crippen LogP contribution in [0, 0.1) is 5.82 Å². The number of carbonyl (C=O) groups is 1. The van der Waals surface area contributed by atoms with E-state index in [1.807, 2.05) is 0 Å². The highest BCUT2D eigenvalue weighted by Crippen LogP contribution is 2.34. The summed E-state index contributed by atoms with van der Waals surface area (Å²) in [6.45, 7) is 4.34. The van der Waals surface area contributed by atoms with Gasteiger partial charge in [-0.1, -0.05) is 30.8 Å². The first-order valence-electron chi connectivity index (χ1n) is 12.7. The number of aromatic nitrogens is 4. The fourth-order valence-electron chi connectivity index (χ4n) is 4.87. The van der Waals surface area contributed by atoms with E-state index >= 15 is 0 Å². The van der Waals surface area contributed by atoms with Gasteiger partial charge in [-0.3, -0.25) is 4.79 Å². The van der Waals surface area contributed by atoms with E-state index in [9.17, 15) is 30.8 Å². The zero-order valence-electron chi connectivity index (χ0n) is 22.0. The van der Waals surface area contributed by atoms with Crippen LogP contribution in [0.5, 0.6) is 0 Å². The number of nitrogens with two attached hydrogens (primary N) is 1. The number of fused-ring (bicyclic) bond motifs is 1. The van der Waals surface area contributed by atoms with Crippen molar-refractivity contribution < 1.29 is 30.8 Å². The van der Waals surface area contributed by atoms with Crippen LogP contribution in [-0.2, 0) is 27.5 Å². The van der Waals surface area contributed by atoms with Crippen molar-refractivity contribution in [2.75, 3.05) is 18.8 Å². The number of nitrogens with one attached hydrogen (secondary N) is 1. The van der Waals surface area contributed by atoms with Gasteiger partial charge in [0.15, 0.2) is 5.65 Å². The Hall–Kier alpha value is -4.37. The normalized spacial score (nSPS) is 16.1. The van der Waals surface area contributed by atoms with Crippen LogP contribution in [0.4, 0.5) is 23.4 Å². The zero-order valence-corrected chi connectivity index (χ0v) is 22.8. The summed E-state index contributed by atoms with van der Waals surface area (Å²) in [4.78, 5) is 21.5. The molecule has 0 bridgehead atoms. The van der Waals surface area contributed by atoms with Crippen molar-refractivity contribution >= 4 is 32.8 Å². The highest BCUT2D eigenvalue weighted by Gasteiger charge is 2.33. The largest absolute Gasteiger partial charge is 0.416 e. The predicted molar refractivity (Wildman–Crippen MR) is 146 cm³/mol. The first-order valence-corrected chi connectivity index (χ1v) is 14.2.